The molecule has 1 amide bonds. The fraction of sp³-hybridized carbons (Fsp3) is 0.333. The molecule has 3 aliphatic rings. The highest BCUT2D eigenvalue weighted by Crippen LogP contribution is 2.42. The van der Waals surface area contributed by atoms with Crippen molar-refractivity contribution in [2.75, 3.05) is 11.9 Å². The van der Waals surface area contributed by atoms with E-state index in [1.165, 1.54) is 29.6 Å². The number of guanidine groups is 1. The van der Waals surface area contributed by atoms with Crippen LogP contribution in [0.15, 0.2) is 53.0 Å². The number of alkyl halides is 4. The molecule has 200 valence electrons. The van der Waals surface area contributed by atoms with Gasteiger partial charge in [-0.1, -0.05) is 12.6 Å². The summed E-state index contributed by atoms with van der Waals surface area (Å²) in [5.41, 5.74) is 10.6. The lowest BCUT2D eigenvalue weighted by atomic mass is 9.96. The molecule has 14 heteroatoms. The van der Waals surface area contributed by atoms with E-state index in [1.807, 2.05) is 4.90 Å². The number of nitrogens with two attached hydrogens (primary N) is 2. The molecule has 4 heterocycles. The van der Waals surface area contributed by atoms with Gasteiger partial charge in [0.2, 0.25) is 0 Å². The number of imidazole rings is 1. The predicted octanol–water partition coefficient (Wildman–Crippen LogP) is 3.32. The summed E-state index contributed by atoms with van der Waals surface area (Å²) in [6.07, 6.45) is -2.23. The van der Waals surface area contributed by atoms with Gasteiger partial charge in [0.05, 0.1) is 29.2 Å². The second kappa shape index (κ2) is 9.50. The minimum Gasteiger partial charge on any atom is -0.370 e. The minimum absolute atomic E-state index is 0.0444. The molecule has 0 saturated carbocycles. The van der Waals surface area contributed by atoms with Crippen LogP contribution in [0.4, 0.5) is 29.1 Å². The maximum Gasteiger partial charge on any atom is 0.417 e. The number of aromatic amines is 1. The molecule has 38 heavy (non-hydrogen) atoms. The minimum atomic E-state index is -4.76. The lowest BCUT2D eigenvalue weighted by Crippen LogP contribution is -2.57. The van der Waals surface area contributed by atoms with E-state index in [9.17, 15) is 22.4 Å². The van der Waals surface area contributed by atoms with E-state index in [-0.39, 0.29) is 29.6 Å². The van der Waals surface area contributed by atoms with Crippen molar-refractivity contribution in [1.29, 1.82) is 0 Å². The molecule has 6 N–H and O–H groups in total. The number of aromatic nitrogens is 2. The molecular formula is C24H25F4N9O. The van der Waals surface area contributed by atoms with E-state index in [0.29, 0.717) is 30.8 Å². The van der Waals surface area contributed by atoms with E-state index >= 15 is 0 Å². The zero-order chi connectivity index (χ0) is 27.2. The number of likely N-dealkylation sites (tertiary alicyclic amines) is 1. The van der Waals surface area contributed by atoms with Crippen molar-refractivity contribution in [2.45, 2.75) is 43.8 Å². The number of carbonyl (C=O) groups is 1. The van der Waals surface area contributed by atoms with Crippen LogP contribution < -0.4 is 16.8 Å². The molecule has 0 spiro atoms. The number of amides is 1. The number of anilines is 1. The highest BCUT2D eigenvalue weighted by Gasteiger charge is 2.47. The van der Waals surface area contributed by atoms with Gasteiger partial charge >= 0.3 is 6.18 Å². The Morgan fingerprint density at radius 2 is 2.05 bits per heavy atom. The molecule has 1 aromatic heterocycles. The van der Waals surface area contributed by atoms with E-state index in [1.54, 1.807) is 0 Å². The number of carbonyl (C=O) groups excluding carboxylic acids is 1. The number of fused-ring (bicyclic) bond motifs is 1. The number of halogens is 4. The van der Waals surface area contributed by atoms with Gasteiger partial charge in [-0.2, -0.15) is 18.2 Å². The van der Waals surface area contributed by atoms with Gasteiger partial charge in [-0.15, -0.1) is 0 Å². The maximum atomic E-state index is 14.3. The zero-order valence-corrected chi connectivity index (χ0v) is 20.0. The summed E-state index contributed by atoms with van der Waals surface area (Å²) in [6, 6.07) is 3.08. The number of benzene rings is 1. The quantitative estimate of drug-likeness (QED) is 0.265. The first-order chi connectivity index (χ1) is 18.1. The number of nitrogens with zero attached hydrogens (tertiary/aromatic N) is 5. The Morgan fingerprint density at radius 3 is 2.76 bits per heavy atom. The lowest BCUT2D eigenvalue weighted by molar-refractivity contribution is -0.138. The van der Waals surface area contributed by atoms with Gasteiger partial charge in [-0.3, -0.25) is 14.7 Å². The van der Waals surface area contributed by atoms with Gasteiger partial charge < -0.3 is 26.7 Å². The topological polar surface area (TPSA) is 141 Å². The molecule has 0 radical (unpaired) electrons. The number of allylic oxidation sites excluding steroid dienone is 1. The lowest BCUT2D eigenvalue weighted by Gasteiger charge is -2.45. The number of hydrogen-bond acceptors (Lipinski definition) is 6. The second-order valence-corrected chi connectivity index (χ2v) is 9.12. The Hall–Kier alpha value is -4.36. The Balaban J connectivity index is 1.58. The Labute approximate surface area is 214 Å². The van der Waals surface area contributed by atoms with Crippen molar-refractivity contribution in [3.63, 3.8) is 0 Å². The average Bonchev–Trinajstić information content (AvgIpc) is 3.52. The van der Waals surface area contributed by atoms with Gasteiger partial charge in [0.15, 0.2) is 11.8 Å². The first-order valence-electron chi connectivity index (χ1n) is 11.8. The summed E-state index contributed by atoms with van der Waals surface area (Å²) in [5, 5.41) is 3.13. The average molecular weight is 532 g/mol. The predicted molar refractivity (Wildman–Crippen MR) is 134 cm³/mol. The van der Waals surface area contributed by atoms with Crippen LogP contribution in [0.1, 0.15) is 40.9 Å². The van der Waals surface area contributed by atoms with Gasteiger partial charge in [0.25, 0.3) is 5.91 Å². The standard InChI is InChI=1S/C24H25F4N9O/c1-12(19-20(33-11-32-19)35-23(29)30)36-7-3-6-17(36)21-34-16-5-2-4-15(24(26,27)28)18(16)22(38)37(21)14-8-13(25)9-31-10-14/h2,4-5,9-11,13,17,21,34H,1,3,6-8H2,(H,32,33)(H4,29,30,35)/t13-,17-,21?/m0/s1. The van der Waals surface area contributed by atoms with Crippen molar-refractivity contribution in [1.82, 2.24) is 19.8 Å². The van der Waals surface area contributed by atoms with Gasteiger partial charge in [-0.05, 0) is 25.0 Å². The second-order valence-electron chi connectivity index (χ2n) is 9.12. The molecule has 10 nitrogen and oxygen atoms in total. The van der Waals surface area contributed by atoms with Crippen LogP contribution in [0.3, 0.4) is 0 Å². The van der Waals surface area contributed by atoms with Crippen molar-refractivity contribution in [3.8, 4) is 0 Å². The molecule has 5 rings (SSSR count). The highest BCUT2D eigenvalue weighted by molar-refractivity contribution is 6.04. The van der Waals surface area contributed by atoms with Gasteiger partial charge in [0, 0.05) is 36.8 Å². The third-order valence-electron chi connectivity index (χ3n) is 6.72. The van der Waals surface area contributed by atoms with Crippen LogP contribution in [-0.4, -0.2) is 62.8 Å². The van der Waals surface area contributed by atoms with Crippen LogP contribution in [0.2, 0.25) is 0 Å². The summed E-state index contributed by atoms with van der Waals surface area (Å²) < 4.78 is 56.0. The SMILES string of the molecule is C=C(c1[nH]cnc1N=C(N)N)N1CCC[C@H]1C1Nc2cccc(C(F)(F)F)c2C(=O)N1C1=CN=C[C@@H](F)C1. The number of hydrogen-bond donors (Lipinski definition) is 4. The molecule has 1 fully saturated rings. The molecular weight excluding hydrogens is 506 g/mol. The number of rotatable bonds is 5. The summed E-state index contributed by atoms with van der Waals surface area (Å²) in [7, 11) is 0. The number of nitrogens with one attached hydrogen (secondary N) is 2. The van der Waals surface area contributed by atoms with E-state index in [4.69, 9.17) is 11.5 Å². The van der Waals surface area contributed by atoms with Crippen LogP contribution in [0, 0.1) is 0 Å². The van der Waals surface area contributed by atoms with Crippen molar-refractivity contribution in [3.05, 3.63) is 59.8 Å². The molecule has 0 aliphatic carbocycles. The Bertz CT molecular complexity index is 1360. The van der Waals surface area contributed by atoms with Crippen LogP contribution in [-0.2, 0) is 6.18 Å². The van der Waals surface area contributed by atoms with Crippen LogP contribution in [0.5, 0.6) is 0 Å². The van der Waals surface area contributed by atoms with Crippen molar-refractivity contribution >= 4 is 35.3 Å². The fourth-order valence-electron chi connectivity index (χ4n) is 5.18. The molecule has 1 saturated heterocycles. The molecule has 0 bridgehead atoms. The summed E-state index contributed by atoms with van der Waals surface area (Å²) in [5.74, 6) is -0.861. The number of H-pyrrole nitrogens is 1. The molecule has 2 aromatic rings. The summed E-state index contributed by atoms with van der Waals surface area (Å²) in [4.78, 5) is 31.9. The summed E-state index contributed by atoms with van der Waals surface area (Å²) in [6.45, 7) is 4.71. The van der Waals surface area contributed by atoms with Crippen molar-refractivity contribution < 1.29 is 22.4 Å². The molecule has 3 atom stereocenters. The van der Waals surface area contributed by atoms with E-state index in [2.05, 4.69) is 31.8 Å². The van der Waals surface area contributed by atoms with Gasteiger partial charge in [-0.25, -0.2) is 9.37 Å². The first kappa shape index (κ1) is 25.3. The maximum absolute atomic E-state index is 14.3. The molecule has 1 aromatic carbocycles. The highest BCUT2D eigenvalue weighted by atomic mass is 19.4. The Morgan fingerprint density at radius 1 is 1.26 bits per heavy atom. The zero-order valence-electron chi connectivity index (χ0n) is 20.0. The summed E-state index contributed by atoms with van der Waals surface area (Å²) >= 11 is 0. The third kappa shape index (κ3) is 4.46. The fourth-order valence-corrected chi connectivity index (χ4v) is 5.18. The monoisotopic (exact) mass is 531 g/mol. The van der Waals surface area contributed by atoms with Gasteiger partial charge in [0.1, 0.15) is 18.0 Å². The van der Waals surface area contributed by atoms with E-state index in [0.717, 1.165) is 12.3 Å². The third-order valence-corrected chi connectivity index (χ3v) is 6.72. The smallest absolute Gasteiger partial charge is 0.370 e. The largest absolute Gasteiger partial charge is 0.417 e. The first-order valence-corrected chi connectivity index (χ1v) is 11.8. The van der Waals surface area contributed by atoms with Crippen LogP contribution >= 0.6 is 0 Å². The molecule has 1 unspecified atom stereocenters. The van der Waals surface area contributed by atoms with Crippen molar-refractivity contribution in [2.24, 2.45) is 21.5 Å². The van der Waals surface area contributed by atoms with Crippen LogP contribution in [0.25, 0.3) is 5.70 Å². The van der Waals surface area contributed by atoms with E-state index < -0.39 is 41.6 Å². The Kier molecular flexibility index (Phi) is 6.33. The number of aliphatic imine (C=N–C) groups is 2. The molecule has 3 aliphatic heterocycles. The normalized spacial score (nSPS) is 23.1.